The number of hydrogen-bond donors (Lipinski definition) is 2. The van der Waals surface area contributed by atoms with Crippen molar-refractivity contribution in [3.05, 3.63) is 71.3 Å². The molecule has 0 bridgehead atoms. The van der Waals surface area contributed by atoms with Crippen LogP contribution in [0.1, 0.15) is 37.5 Å². The largest absolute Gasteiger partial charge is 0.473 e. The van der Waals surface area contributed by atoms with Crippen LogP contribution in [0, 0.1) is 0 Å². The molecule has 0 saturated heterocycles. The first-order valence-corrected chi connectivity index (χ1v) is 9.32. The monoisotopic (exact) mass is 416 g/mol. The number of hydrogen-bond acceptors (Lipinski definition) is 5. The van der Waals surface area contributed by atoms with E-state index < -0.39 is 11.7 Å². The fraction of sp³-hybridized carbons (Fsp3) is 0.273. The number of nitrogens with two attached hydrogens (primary N) is 1. The van der Waals surface area contributed by atoms with Crippen molar-refractivity contribution in [2.75, 3.05) is 11.1 Å². The number of nitrogens with one attached hydrogen (secondary N) is 1. The molecular weight excluding hydrogens is 393 g/mol. The van der Waals surface area contributed by atoms with Gasteiger partial charge in [0.25, 0.3) is 0 Å². The molecular formula is C22H23F3N4O. The number of anilines is 3. The highest BCUT2D eigenvalue weighted by Gasteiger charge is 2.33. The average Bonchev–Trinajstić information content (AvgIpc) is 2.65. The first-order chi connectivity index (χ1) is 14.0. The van der Waals surface area contributed by atoms with Gasteiger partial charge in [0.2, 0.25) is 11.8 Å². The molecule has 0 saturated carbocycles. The summed E-state index contributed by atoms with van der Waals surface area (Å²) in [6.45, 7) is 6.08. The fourth-order valence-corrected chi connectivity index (χ4v) is 2.86. The minimum atomic E-state index is -4.46. The van der Waals surface area contributed by atoms with E-state index in [-0.39, 0.29) is 29.4 Å². The summed E-state index contributed by atoms with van der Waals surface area (Å²) in [7, 11) is 0. The van der Waals surface area contributed by atoms with Gasteiger partial charge in [0.1, 0.15) is 12.4 Å². The number of aromatic nitrogens is 2. The molecule has 0 radical (unpaired) electrons. The zero-order valence-electron chi connectivity index (χ0n) is 16.9. The minimum Gasteiger partial charge on any atom is -0.473 e. The summed E-state index contributed by atoms with van der Waals surface area (Å²) in [5.41, 5.74) is 7.01. The molecule has 0 amide bonds. The van der Waals surface area contributed by atoms with Gasteiger partial charge in [0.05, 0.1) is 5.56 Å². The van der Waals surface area contributed by atoms with E-state index in [4.69, 9.17) is 10.5 Å². The number of rotatable bonds is 5. The number of nitrogen functional groups attached to an aromatic ring is 1. The van der Waals surface area contributed by atoms with Crippen LogP contribution in [0.4, 0.5) is 30.6 Å². The lowest BCUT2D eigenvalue weighted by molar-refractivity contribution is -0.138. The summed E-state index contributed by atoms with van der Waals surface area (Å²) in [5.74, 6) is 0.406. The van der Waals surface area contributed by atoms with Crippen LogP contribution in [0.3, 0.4) is 0 Å². The Morgan fingerprint density at radius 2 is 1.63 bits per heavy atom. The lowest BCUT2D eigenvalue weighted by Gasteiger charge is -2.19. The van der Waals surface area contributed by atoms with Crippen molar-refractivity contribution in [2.45, 2.75) is 39.0 Å². The van der Waals surface area contributed by atoms with Gasteiger partial charge in [-0.05, 0) is 29.2 Å². The molecule has 2 aromatic carbocycles. The first-order valence-electron chi connectivity index (χ1n) is 9.32. The van der Waals surface area contributed by atoms with Crippen LogP contribution in [0.15, 0.2) is 54.6 Å². The predicted molar refractivity (Wildman–Crippen MR) is 111 cm³/mol. The maximum absolute atomic E-state index is 13.1. The summed E-state index contributed by atoms with van der Waals surface area (Å²) in [4.78, 5) is 8.06. The van der Waals surface area contributed by atoms with E-state index in [1.54, 1.807) is 0 Å². The molecule has 3 aromatic rings. The van der Waals surface area contributed by atoms with Gasteiger partial charge in [-0.2, -0.15) is 23.1 Å². The average molecular weight is 416 g/mol. The van der Waals surface area contributed by atoms with Crippen LogP contribution >= 0.6 is 0 Å². The van der Waals surface area contributed by atoms with Crippen molar-refractivity contribution >= 4 is 17.5 Å². The van der Waals surface area contributed by atoms with Crippen molar-refractivity contribution in [1.82, 2.24) is 9.97 Å². The number of halogens is 3. The van der Waals surface area contributed by atoms with Crippen LogP contribution in [0.2, 0.25) is 0 Å². The molecule has 0 spiro atoms. The molecule has 8 heteroatoms. The Morgan fingerprint density at radius 1 is 0.967 bits per heavy atom. The minimum absolute atomic E-state index is 0.00876. The molecule has 0 atom stereocenters. The predicted octanol–water partition coefficient (Wildman–Crippen LogP) is 5.70. The molecule has 158 valence electrons. The second kappa shape index (κ2) is 8.22. The second-order valence-electron chi connectivity index (χ2n) is 7.85. The molecule has 1 aromatic heterocycles. The van der Waals surface area contributed by atoms with Gasteiger partial charge in [0.15, 0.2) is 0 Å². The topological polar surface area (TPSA) is 73.1 Å². The van der Waals surface area contributed by atoms with E-state index in [1.165, 1.54) is 29.8 Å². The molecule has 0 aliphatic rings. The van der Waals surface area contributed by atoms with Crippen LogP contribution in [0.5, 0.6) is 5.88 Å². The molecule has 0 fully saturated rings. The van der Waals surface area contributed by atoms with Crippen molar-refractivity contribution in [3.63, 3.8) is 0 Å². The summed E-state index contributed by atoms with van der Waals surface area (Å²) >= 11 is 0. The molecule has 30 heavy (non-hydrogen) atoms. The third-order valence-corrected chi connectivity index (χ3v) is 4.44. The number of nitrogens with zero attached hydrogens (tertiary/aromatic N) is 2. The summed E-state index contributed by atoms with van der Waals surface area (Å²) in [6, 6.07) is 14.6. The fourth-order valence-electron chi connectivity index (χ4n) is 2.86. The van der Waals surface area contributed by atoms with Gasteiger partial charge in [-0.25, -0.2) is 0 Å². The van der Waals surface area contributed by atoms with Crippen molar-refractivity contribution in [2.24, 2.45) is 0 Å². The second-order valence-corrected chi connectivity index (χ2v) is 7.85. The normalized spacial score (nSPS) is 11.9. The van der Waals surface area contributed by atoms with Crippen molar-refractivity contribution < 1.29 is 17.9 Å². The highest BCUT2D eigenvalue weighted by atomic mass is 19.4. The zero-order chi connectivity index (χ0) is 21.9. The van der Waals surface area contributed by atoms with Gasteiger partial charge in [-0.3, -0.25) is 0 Å². The van der Waals surface area contributed by atoms with E-state index >= 15 is 0 Å². The summed E-state index contributed by atoms with van der Waals surface area (Å²) in [5, 5.41) is 3.11. The van der Waals surface area contributed by atoms with E-state index in [2.05, 4.69) is 36.1 Å². The molecule has 1 heterocycles. The first kappa shape index (κ1) is 21.4. The van der Waals surface area contributed by atoms with Gasteiger partial charge in [0, 0.05) is 17.3 Å². The van der Waals surface area contributed by atoms with E-state index in [0.717, 1.165) is 11.8 Å². The Hall–Kier alpha value is -3.29. The zero-order valence-corrected chi connectivity index (χ0v) is 16.9. The number of alkyl halides is 3. The van der Waals surface area contributed by atoms with Crippen molar-refractivity contribution in [1.29, 1.82) is 0 Å². The molecule has 3 N–H and O–H groups in total. The molecule has 5 nitrogen and oxygen atoms in total. The summed E-state index contributed by atoms with van der Waals surface area (Å²) < 4.78 is 44.9. The third-order valence-electron chi connectivity index (χ3n) is 4.44. The van der Waals surface area contributed by atoms with E-state index in [9.17, 15) is 13.2 Å². The maximum Gasteiger partial charge on any atom is 0.416 e. The van der Waals surface area contributed by atoms with Gasteiger partial charge < -0.3 is 15.8 Å². The standard InChI is InChI=1S/C22H23F3N4O/c1-21(2,3)15-8-10-16(11-9-15)27-18-12-19(29-20(26)28-18)30-13-14-6-4-5-7-17(14)22(23,24)25/h4-12H,13H2,1-3H3,(H3,26,27,28,29). The van der Waals surface area contributed by atoms with Crippen LogP contribution in [-0.2, 0) is 18.2 Å². The third kappa shape index (κ3) is 5.40. The van der Waals surface area contributed by atoms with Crippen LogP contribution < -0.4 is 15.8 Å². The van der Waals surface area contributed by atoms with E-state index in [0.29, 0.717) is 5.82 Å². The molecule has 0 aliphatic carbocycles. The SMILES string of the molecule is CC(C)(C)c1ccc(Nc2cc(OCc3ccccc3C(F)(F)F)nc(N)n2)cc1. The molecule has 0 aliphatic heterocycles. The molecule has 3 rings (SSSR count). The van der Waals surface area contributed by atoms with Crippen LogP contribution in [0.25, 0.3) is 0 Å². The number of ether oxygens (including phenoxy) is 1. The maximum atomic E-state index is 13.1. The lowest BCUT2D eigenvalue weighted by atomic mass is 9.87. The summed E-state index contributed by atoms with van der Waals surface area (Å²) in [6.07, 6.45) is -4.46. The number of benzene rings is 2. The van der Waals surface area contributed by atoms with Gasteiger partial charge >= 0.3 is 6.18 Å². The van der Waals surface area contributed by atoms with Crippen molar-refractivity contribution in [3.8, 4) is 5.88 Å². The smallest absolute Gasteiger partial charge is 0.416 e. The van der Waals surface area contributed by atoms with Crippen LogP contribution in [-0.4, -0.2) is 9.97 Å². The Morgan fingerprint density at radius 3 is 2.27 bits per heavy atom. The van der Waals surface area contributed by atoms with E-state index in [1.807, 2.05) is 24.3 Å². The Labute approximate surface area is 173 Å². The Balaban J connectivity index is 1.75. The Kier molecular flexibility index (Phi) is 5.87. The molecule has 0 unspecified atom stereocenters. The lowest BCUT2D eigenvalue weighted by Crippen LogP contribution is -2.11. The van der Waals surface area contributed by atoms with Gasteiger partial charge in [-0.15, -0.1) is 0 Å². The highest BCUT2D eigenvalue weighted by Crippen LogP contribution is 2.32. The van der Waals surface area contributed by atoms with Gasteiger partial charge in [-0.1, -0.05) is 51.1 Å². The quantitative estimate of drug-likeness (QED) is 0.558. The Bertz CT molecular complexity index is 1010. The highest BCUT2D eigenvalue weighted by molar-refractivity contribution is 5.58.